The van der Waals surface area contributed by atoms with Crippen LogP contribution in [0.2, 0.25) is 0 Å². The van der Waals surface area contributed by atoms with E-state index in [1.165, 1.54) is 5.56 Å². The maximum absolute atomic E-state index is 2.23. The Bertz CT molecular complexity index is 191. The standard InChI is InChI=1S/C10H14S/c1-9(2)11-8-10-6-4-3-5-7-10/h3-7,9H,8H2,1-2H3. The first-order chi connectivity index (χ1) is 5.29. The van der Waals surface area contributed by atoms with Gasteiger partial charge in [-0.25, -0.2) is 0 Å². The molecule has 0 aliphatic heterocycles. The number of hydrogen-bond acceptors (Lipinski definition) is 1. The molecule has 0 saturated heterocycles. The average Bonchev–Trinajstić information content (AvgIpc) is 2.03. The summed E-state index contributed by atoms with van der Waals surface area (Å²) in [5.74, 6) is 1.14. The predicted octanol–water partition coefficient (Wildman–Crippen LogP) is 3.33. The topological polar surface area (TPSA) is 0 Å². The Morgan fingerprint density at radius 3 is 2.36 bits per heavy atom. The molecule has 1 aromatic rings. The van der Waals surface area contributed by atoms with Crippen LogP contribution >= 0.6 is 11.8 Å². The van der Waals surface area contributed by atoms with Crippen molar-refractivity contribution in [2.45, 2.75) is 24.9 Å². The van der Waals surface area contributed by atoms with Gasteiger partial charge in [-0.05, 0) is 10.8 Å². The Kier molecular flexibility index (Phi) is 3.50. The van der Waals surface area contributed by atoms with Gasteiger partial charge in [0, 0.05) is 5.75 Å². The van der Waals surface area contributed by atoms with Crippen LogP contribution in [-0.4, -0.2) is 5.25 Å². The molecule has 0 aromatic heterocycles. The highest BCUT2D eigenvalue weighted by Crippen LogP contribution is 2.16. The van der Waals surface area contributed by atoms with E-state index in [4.69, 9.17) is 0 Å². The summed E-state index contributed by atoms with van der Waals surface area (Å²) in [5, 5.41) is 0.732. The van der Waals surface area contributed by atoms with Crippen LogP contribution in [0, 0.1) is 0 Å². The maximum atomic E-state index is 2.23. The summed E-state index contributed by atoms with van der Waals surface area (Å²) in [6.07, 6.45) is 0. The van der Waals surface area contributed by atoms with Crippen molar-refractivity contribution in [1.29, 1.82) is 0 Å². The molecule has 0 bridgehead atoms. The van der Waals surface area contributed by atoms with Crippen molar-refractivity contribution in [2.75, 3.05) is 0 Å². The molecule has 0 nitrogen and oxygen atoms in total. The molecular weight excluding hydrogens is 152 g/mol. The van der Waals surface area contributed by atoms with Crippen molar-refractivity contribution in [1.82, 2.24) is 0 Å². The normalized spacial score (nSPS) is 10.5. The van der Waals surface area contributed by atoms with E-state index in [-0.39, 0.29) is 0 Å². The minimum Gasteiger partial charge on any atom is -0.154 e. The molecule has 11 heavy (non-hydrogen) atoms. The van der Waals surface area contributed by atoms with E-state index in [1.807, 2.05) is 11.8 Å². The molecule has 0 aliphatic carbocycles. The first kappa shape index (κ1) is 8.66. The zero-order valence-electron chi connectivity index (χ0n) is 7.08. The number of thioether (sulfide) groups is 1. The van der Waals surface area contributed by atoms with Gasteiger partial charge in [0.25, 0.3) is 0 Å². The highest BCUT2D eigenvalue weighted by Gasteiger charge is 1.94. The summed E-state index contributed by atoms with van der Waals surface area (Å²) in [5.41, 5.74) is 1.42. The summed E-state index contributed by atoms with van der Waals surface area (Å²) >= 11 is 1.98. The van der Waals surface area contributed by atoms with Gasteiger partial charge in [0.15, 0.2) is 0 Å². The smallest absolute Gasteiger partial charge is 0.0187 e. The predicted molar refractivity (Wildman–Crippen MR) is 52.9 cm³/mol. The van der Waals surface area contributed by atoms with Crippen LogP contribution in [-0.2, 0) is 5.75 Å². The second kappa shape index (κ2) is 4.45. The molecule has 0 aliphatic rings. The highest BCUT2D eigenvalue weighted by molar-refractivity contribution is 7.99. The van der Waals surface area contributed by atoms with Gasteiger partial charge in [-0.2, -0.15) is 11.8 Å². The van der Waals surface area contributed by atoms with Gasteiger partial charge in [0.1, 0.15) is 0 Å². The van der Waals surface area contributed by atoms with Crippen LogP contribution in [0.1, 0.15) is 19.4 Å². The van der Waals surface area contributed by atoms with Gasteiger partial charge >= 0.3 is 0 Å². The van der Waals surface area contributed by atoms with E-state index in [9.17, 15) is 0 Å². The van der Waals surface area contributed by atoms with Crippen molar-refractivity contribution >= 4 is 11.8 Å². The quantitative estimate of drug-likeness (QED) is 0.663. The first-order valence-corrected chi connectivity index (χ1v) is 4.99. The molecule has 1 aromatic carbocycles. The second-order valence-electron chi connectivity index (χ2n) is 2.85. The molecule has 0 heterocycles. The third-order valence-corrected chi connectivity index (χ3v) is 2.59. The number of rotatable bonds is 3. The van der Waals surface area contributed by atoms with Crippen LogP contribution in [0.15, 0.2) is 30.3 Å². The van der Waals surface area contributed by atoms with Crippen LogP contribution in [0.3, 0.4) is 0 Å². The van der Waals surface area contributed by atoms with Crippen molar-refractivity contribution in [3.8, 4) is 0 Å². The summed E-state index contributed by atoms with van der Waals surface area (Å²) in [6, 6.07) is 10.6. The fourth-order valence-corrected chi connectivity index (χ4v) is 1.56. The molecule has 0 amide bonds. The molecule has 0 radical (unpaired) electrons. The zero-order chi connectivity index (χ0) is 8.10. The molecule has 0 saturated carbocycles. The summed E-state index contributed by atoms with van der Waals surface area (Å²) in [7, 11) is 0. The zero-order valence-corrected chi connectivity index (χ0v) is 7.90. The molecular formula is C10H14S. The lowest BCUT2D eigenvalue weighted by Crippen LogP contribution is -1.87. The Hall–Kier alpha value is -0.430. The van der Waals surface area contributed by atoms with E-state index >= 15 is 0 Å². The minimum absolute atomic E-state index is 0.732. The van der Waals surface area contributed by atoms with Gasteiger partial charge in [-0.1, -0.05) is 44.2 Å². The maximum Gasteiger partial charge on any atom is 0.0187 e. The third-order valence-electron chi connectivity index (χ3n) is 1.43. The average molecular weight is 166 g/mol. The van der Waals surface area contributed by atoms with E-state index in [0.717, 1.165) is 11.0 Å². The van der Waals surface area contributed by atoms with Gasteiger partial charge in [0.05, 0.1) is 0 Å². The monoisotopic (exact) mass is 166 g/mol. The van der Waals surface area contributed by atoms with Gasteiger partial charge in [-0.15, -0.1) is 0 Å². The molecule has 0 spiro atoms. The van der Waals surface area contributed by atoms with Gasteiger partial charge in [0.2, 0.25) is 0 Å². The number of benzene rings is 1. The largest absolute Gasteiger partial charge is 0.154 e. The van der Waals surface area contributed by atoms with E-state index in [1.54, 1.807) is 0 Å². The van der Waals surface area contributed by atoms with Crippen LogP contribution < -0.4 is 0 Å². The summed E-state index contributed by atoms with van der Waals surface area (Å²) in [4.78, 5) is 0. The molecule has 0 atom stereocenters. The first-order valence-electron chi connectivity index (χ1n) is 3.94. The fourth-order valence-electron chi connectivity index (χ4n) is 0.837. The molecule has 0 unspecified atom stereocenters. The van der Waals surface area contributed by atoms with Crippen LogP contribution in [0.4, 0.5) is 0 Å². The Morgan fingerprint density at radius 2 is 1.82 bits per heavy atom. The number of hydrogen-bond donors (Lipinski definition) is 0. The SMILES string of the molecule is CC(C)SCc1ccccc1. The van der Waals surface area contributed by atoms with Crippen molar-refractivity contribution < 1.29 is 0 Å². The molecule has 0 N–H and O–H groups in total. The van der Waals surface area contributed by atoms with E-state index in [0.29, 0.717) is 0 Å². The molecule has 60 valence electrons. The lowest BCUT2D eigenvalue weighted by atomic mass is 10.2. The van der Waals surface area contributed by atoms with Crippen LogP contribution in [0.5, 0.6) is 0 Å². The molecule has 1 rings (SSSR count). The van der Waals surface area contributed by atoms with Crippen molar-refractivity contribution in [2.24, 2.45) is 0 Å². The van der Waals surface area contributed by atoms with Crippen LogP contribution in [0.25, 0.3) is 0 Å². The summed E-state index contributed by atoms with van der Waals surface area (Å²) in [6.45, 7) is 4.46. The van der Waals surface area contributed by atoms with Gasteiger partial charge < -0.3 is 0 Å². The summed E-state index contributed by atoms with van der Waals surface area (Å²) < 4.78 is 0. The van der Waals surface area contributed by atoms with E-state index in [2.05, 4.69) is 44.2 Å². The highest BCUT2D eigenvalue weighted by atomic mass is 32.2. The van der Waals surface area contributed by atoms with Crippen molar-refractivity contribution in [3.63, 3.8) is 0 Å². The van der Waals surface area contributed by atoms with Gasteiger partial charge in [-0.3, -0.25) is 0 Å². The third kappa shape index (κ3) is 3.47. The molecule has 0 fully saturated rings. The lowest BCUT2D eigenvalue weighted by molar-refractivity contribution is 1.11. The van der Waals surface area contributed by atoms with E-state index < -0.39 is 0 Å². The Labute approximate surface area is 73.0 Å². The molecule has 1 heteroatoms. The Balaban J connectivity index is 2.39. The fraction of sp³-hybridized carbons (Fsp3) is 0.400. The lowest BCUT2D eigenvalue weighted by Gasteiger charge is -2.03. The Morgan fingerprint density at radius 1 is 1.18 bits per heavy atom. The van der Waals surface area contributed by atoms with Crippen molar-refractivity contribution in [3.05, 3.63) is 35.9 Å². The minimum atomic E-state index is 0.732. The second-order valence-corrected chi connectivity index (χ2v) is 4.41.